The number of esters is 1. The number of hydrogen-bond donors (Lipinski definition) is 1. The van der Waals surface area contributed by atoms with E-state index in [2.05, 4.69) is 6.07 Å². The van der Waals surface area contributed by atoms with E-state index in [1.54, 1.807) is 0 Å². The Morgan fingerprint density at radius 3 is 2.72 bits per heavy atom. The van der Waals surface area contributed by atoms with E-state index in [9.17, 15) is 14.4 Å². The molecule has 2 rings (SSSR count). The van der Waals surface area contributed by atoms with Crippen molar-refractivity contribution < 1.29 is 19.1 Å². The van der Waals surface area contributed by atoms with Crippen molar-refractivity contribution >= 4 is 29.5 Å². The first-order chi connectivity index (χ1) is 11.9. The number of benzene rings is 1. The van der Waals surface area contributed by atoms with Gasteiger partial charge in [-0.25, -0.2) is 0 Å². The average Bonchev–Trinajstić information content (AvgIpc) is 2.58. The Morgan fingerprint density at radius 2 is 2.04 bits per heavy atom. The summed E-state index contributed by atoms with van der Waals surface area (Å²) in [6, 6.07) is 5.42. The summed E-state index contributed by atoms with van der Waals surface area (Å²) in [5.74, 6) is -1.19. The number of primary amides is 1. The first-order valence-corrected chi connectivity index (χ1v) is 9.31. The fourth-order valence-corrected chi connectivity index (χ4v) is 3.70. The topological polar surface area (TPSA) is 89.7 Å². The molecule has 2 amide bonds. The fourth-order valence-electron chi connectivity index (χ4n) is 2.89. The van der Waals surface area contributed by atoms with E-state index in [1.165, 1.54) is 22.2 Å². The lowest BCUT2D eigenvalue weighted by Gasteiger charge is -2.33. The third kappa shape index (κ3) is 5.49. The lowest BCUT2D eigenvalue weighted by atomic mass is 10.0. The molecule has 1 saturated heterocycles. The number of ether oxygens (including phenoxy) is 1. The van der Waals surface area contributed by atoms with Crippen LogP contribution in [0.4, 0.5) is 0 Å². The molecule has 1 heterocycles. The maximum absolute atomic E-state index is 12.2. The van der Waals surface area contributed by atoms with Crippen LogP contribution in [0.2, 0.25) is 0 Å². The van der Waals surface area contributed by atoms with Crippen LogP contribution in [0.3, 0.4) is 0 Å². The minimum Gasteiger partial charge on any atom is -0.455 e. The predicted octanol–water partition coefficient (Wildman–Crippen LogP) is 1.81. The Kier molecular flexibility index (Phi) is 6.87. The standard InChI is InChI=1S/C18H24N2O4S/c1-12-6-7-15(13(2)9-12)25-11-17(22)24-10-16(21)20-8-4-3-5-14(20)18(19)23/h6-7,9,14H,3-5,8,10-11H2,1-2H3,(H2,19,23)/t14-/m0/s1. The second-order valence-corrected chi connectivity index (χ2v) is 7.24. The van der Waals surface area contributed by atoms with Gasteiger partial charge in [0.05, 0.1) is 5.75 Å². The van der Waals surface area contributed by atoms with Gasteiger partial charge >= 0.3 is 5.97 Å². The Bertz CT molecular complexity index is 662. The number of thioether (sulfide) groups is 1. The van der Waals surface area contributed by atoms with Crippen LogP contribution in [0.1, 0.15) is 30.4 Å². The maximum Gasteiger partial charge on any atom is 0.316 e. The lowest BCUT2D eigenvalue weighted by molar-refractivity contribution is -0.153. The van der Waals surface area contributed by atoms with Gasteiger partial charge < -0.3 is 15.4 Å². The van der Waals surface area contributed by atoms with Gasteiger partial charge in [-0.2, -0.15) is 0 Å². The Morgan fingerprint density at radius 1 is 1.28 bits per heavy atom. The molecule has 1 aliphatic heterocycles. The van der Waals surface area contributed by atoms with Gasteiger partial charge in [-0.05, 0) is 44.7 Å². The van der Waals surface area contributed by atoms with E-state index in [-0.39, 0.29) is 18.3 Å². The monoisotopic (exact) mass is 364 g/mol. The van der Waals surface area contributed by atoms with Crippen molar-refractivity contribution in [2.75, 3.05) is 18.9 Å². The van der Waals surface area contributed by atoms with Gasteiger partial charge in [-0.1, -0.05) is 17.7 Å². The quantitative estimate of drug-likeness (QED) is 0.614. The fraction of sp³-hybridized carbons (Fsp3) is 0.500. The first kappa shape index (κ1) is 19.3. The summed E-state index contributed by atoms with van der Waals surface area (Å²) in [6.45, 7) is 4.13. The van der Waals surface area contributed by atoms with E-state index in [4.69, 9.17) is 10.5 Å². The number of carbonyl (C=O) groups is 3. The highest BCUT2D eigenvalue weighted by Crippen LogP contribution is 2.23. The predicted molar refractivity (Wildman–Crippen MR) is 96.1 cm³/mol. The largest absolute Gasteiger partial charge is 0.455 e. The van der Waals surface area contributed by atoms with E-state index in [0.717, 1.165) is 23.3 Å². The third-order valence-corrected chi connectivity index (χ3v) is 5.33. The van der Waals surface area contributed by atoms with Gasteiger partial charge in [0.2, 0.25) is 5.91 Å². The van der Waals surface area contributed by atoms with Gasteiger partial charge in [0.25, 0.3) is 5.91 Å². The molecule has 0 radical (unpaired) electrons. The third-order valence-electron chi connectivity index (χ3n) is 4.18. The number of nitrogens with zero attached hydrogens (tertiary/aromatic N) is 1. The number of nitrogens with two attached hydrogens (primary N) is 1. The Hall–Kier alpha value is -2.02. The molecular formula is C18H24N2O4S. The summed E-state index contributed by atoms with van der Waals surface area (Å²) in [6.07, 6.45) is 2.26. The van der Waals surface area contributed by atoms with Gasteiger partial charge in [0.15, 0.2) is 6.61 Å². The van der Waals surface area contributed by atoms with Crippen molar-refractivity contribution in [1.29, 1.82) is 0 Å². The highest BCUT2D eigenvalue weighted by atomic mass is 32.2. The molecule has 1 fully saturated rings. The molecule has 1 aliphatic rings. The van der Waals surface area contributed by atoms with Crippen LogP contribution in [0.25, 0.3) is 0 Å². The molecule has 0 spiro atoms. The van der Waals surface area contributed by atoms with E-state index in [1.807, 2.05) is 26.0 Å². The number of hydrogen-bond acceptors (Lipinski definition) is 5. The first-order valence-electron chi connectivity index (χ1n) is 8.33. The van der Waals surface area contributed by atoms with Crippen LogP contribution in [-0.2, 0) is 19.1 Å². The summed E-state index contributed by atoms with van der Waals surface area (Å²) < 4.78 is 5.07. The number of aryl methyl sites for hydroxylation is 2. The summed E-state index contributed by atoms with van der Waals surface area (Å²) in [4.78, 5) is 38.0. The van der Waals surface area contributed by atoms with Crippen LogP contribution >= 0.6 is 11.8 Å². The van der Waals surface area contributed by atoms with Crippen molar-refractivity contribution in [3.8, 4) is 0 Å². The Labute approximate surface area is 152 Å². The summed E-state index contributed by atoms with van der Waals surface area (Å²) >= 11 is 1.38. The molecule has 0 unspecified atom stereocenters. The van der Waals surface area contributed by atoms with E-state index >= 15 is 0 Å². The SMILES string of the molecule is Cc1ccc(SCC(=O)OCC(=O)N2CCCC[C@H]2C(N)=O)c(C)c1. The minimum atomic E-state index is -0.593. The van der Waals surface area contributed by atoms with Gasteiger partial charge in [-0.3, -0.25) is 14.4 Å². The number of carbonyl (C=O) groups excluding carboxylic acids is 3. The molecule has 1 aromatic carbocycles. The number of likely N-dealkylation sites (tertiary alicyclic amines) is 1. The molecule has 1 aromatic rings. The van der Waals surface area contributed by atoms with Gasteiger partial charge in [0.1, 0.15) is 6.04 Å². The average molecular weight is 364 g/mol. The van der Waals surface area contributed by atoms with Crippen molar-refractivity contribution in [2.45, 2.75) is 44.0 Å². The molecule has 6 nitrogen and oxygen atoms in total. The van der Waals surface area contributed by atoms with Gasteiger partial charge in [-0.15, -0.1) is 11.8 Å². The van der Waals surface area contributed by atoms with Gasteiger partial charge in [0, 0.05) is 11.4 Å². The maximum atomic E-state index is 12.2. The zero-order valence-corrected chi connectivity index (χ0v) is 15.4. The van der Waals surface area contributed by atoms with Crippen molar-refractivity contribution in [3.63, 3.8) is 0 Å². The van der Waals surface area contributed by atoms with Crippen molar-refractivity contribution in [3.05, 3.63) is 29.3 Å². The normalized spacial score (nSPS) is 17.2. The molecular weight excluding hydrogens is 340 g/mol. The van der Waals surface area contributed by atoms with Crippen LogP contribution in [0.5, 0.6) is 0 Å². The molecule has 136 valence electrons. The number of piperidine rings is 1. The zero-order valence-electron chi connectivity index (χ0n) is 14.6. The molecule has 2 N–H and O–H groups in total. The zero-order chi connectivity index (χ0) is 18.4. The second-order valence-electron chi connectivity index (χ2n) is 6.22. The number of rotatable bonds is 6. The minimum absolute atomic E-state index is 0.135. The van der Waals surface area contributed by atoms with Crippen LogP contribution in [0.15, 0.2) is 23.1 Å². The number of amides is 2. The van der Waals surface area contributed by atoms with Crippen LogP contribution < -0.4 is 5.73 Å². The van der Waals surface area contributed by atoms with Crippen molar-refractivity contribution in [2.24, 2.45) is 5.73 Å². The summed E-state index contributed by atoms with van der Waals surface area (Å²) in [5, 5.41) is 0. The summed E-state index contributed by atoms with van der Waals surface area (Å²) in [7, 11) is 0. The molecule has 25 heavy (non-hydrogen) atoms. The molecule has 0 aliphatic carbocycles. The highest BCUT2D eigenvalue weighted by Gasteiger charge is 2.30. The summed E-state index contributed by atoms with van der Waals surface area (Å²) in [5.41, 5.74) is 7.61. The lowest BCUT2D eigenvalue weighted by Crippen LogP contribution is -2.51. The molecule has 0 aromatic heterocycles. The highest BCUT2D eigenvalue weighted by molar-refractivity contribution is 8.00. The molecule has 0 bridgehead atoms. The molecule has 1 atom stereocenters. The Balaban J connectivity index is 1.80. The second kappa shape index (κ2) is 8.89. The van der Waals surface area contributed by atoms with Crippen molar-refractivity contribution in [1.82, 2.24) is 4.90 Å². The van der Waals surface area contributed by atoms with E-state index < -0.39 is 17.9 Å². The molecule has 7 heteroatoms. The molecule has 0 saturated carbocycles. The van der Waals surface area contributed by atoms with Crippen LogP contribution in [-0.4, -0.2) is 47.6 Å². The van der Waals surface area contributed by atoms with Crippen LogP contribution in [0, 0.1) is 13.8 Å². The van der Waals surface area contributed by atoms with E-state index in [0.29, 0.717) is 13.0 Å². The smallest absolute Gasteiger partial charge is 0.316 e.